The molecule has 1 fully saturated rings. The fourth-order valence-electron chi connectivity index (χ4n) is 1.98. The molecule has 1 saturated heterocycles. The lowest BCUT2D eigenvalue weighted by Gasteiger charge is -2.15. The zero-order valence-corrected chi connectivity index (χ0v) is 9.83. The summed E-state index contributed by atoms with van der Waals surface area (Å²) in [5.41, 5.74) is 0. The molecule has 0 aromatic carbocycles. The highest BCUT2D eigenvalue weighted by molar-refractivity contribution is 5.78. The molecule has 0 spiro atoms. The number of nitrogens with zero attached hydrogens (tertiary/aromatic N) is 1. The Hall–Kier alpha value is -1.31. The molecule has 2 N–H and O–H groups in total. The number of hydrogen-bond donors (Lipinski definition) is 2. The van der Waals surface area contributed by atoms with Gasteiger partial charge in [-0.15, -0.1) is 0 Å². The van der Waals surface area contributed by atoms with Gasteiger partial charge in [0.05, 0.1) is 12.5 Å². The van der Waals surface area contributed by atoms with E-state index in [1.54, 1.807) is 17.1 Å². The van der Waals surface area contributed by atoms with Gasteiger partial charge in [0.2, 0.25) is 5.91 Å². The predicted molar refractivity (Wildman–Crippen MR) is 55.8 cm³/mol. The first-order chi connectivity index (χ1) is 8.19. The quantitative estimate of drug-likeness (QED) is 0.770. The second-order valence-corrected chi connectivity index (χ2v) is 4.51. The Bertz CT molecular complexity index is 333. The lowest BCUT2D eigenvalue weighted by molar-refractivity contribution is -0.142. The first-order valence-corrected chi connectivity index (χ1v) is 5.47. The van der Waals surface area contributed by atoms with Crippen molar-refractivity contribution in [1.82, 2.24) is 10.2 Å². The van der Waals surface area contributed by atoms with Crippen LogP contribution < -0.4 is 5.32 Å². The molecule has 8 heteroatoms. The molecule has 2 atom stereocenters. The molecule has 0 aliphatic carbocycles. The van der Waals surface area contributed by atoms with Crippen LogP contribution >= 0.6 is 0 Å². The Labute approximate surface area is 102 Å². The zero-order chi connectivity index (χ0) is 13.9. The number of halogens is 3. The van der Waals surface area contributed by atoms with E-state index in [1.165, 1.54) is 0 Å². The number of carbonyl (C=O) groups excluding carboxylic acids is 1. The van der Waals surface area contributed by atoms with Crippen molar-refractivity contribution in [2.45, 2.75) is 13.1 Å². The van der Waals surface area contributed by atoms with E-state index in [0.29, 0.717) is 6.54 Å². The minimum Gasteiger partial charge on any atom is -0.481 e. The highest BCUT2D eigenvalue weighted by atomic mass is 19.4. The average Bonchev–Trinajstić information content (AvgIpc) is 2.55. The van der Waals surface area contributed by atoms with E-state index in [-0.39, 0.29) is 19.0 Å². The van der Waals surface area contributed by atoms with Crippen LogP contribution in [0.3, 0.4) is 0 Å². The van der Waals surface area contributed by atoms with E-state index < -0.39 is 30.5 Å². The van der Waals surface area contributed by atoms with E-state index in [0.717, 1.165) is 0 Å². The molecule has 5 nitrogen and oxygen atoms in total. The van der Waals surface area contributed by atoms with Crippen molar-refractivity contribution >= 4 is 11.9 Å². The van der Waals surface area contributed by atoms with Crippen molar-refractivity contribution in [2.75, 3.05) is 26.2 Å². The Morgan fingerprint density at radius 2 is 2.00 bits per heavy atom. The number of amides is 1. The molecule has 0 aromatic rings. The molecule has 1 heterocycles. The van der Waals surface area contributed by atoms with Gasteiger partial charge in [-0.25, -0.2) is 0 Å². The molecule has 0 saturated carbocycles. The molecular weight excluding hydrogens is 253 g/mol. The van der Waals surface area contributed by atoms with E-state index >= 15 is 0 Å². The Morgan fingerprint density at radius 1 is 1.39 bits per heavy atom. The van der Waals surface area contributed by atoms with E-state index in [9.17, 15) is 22.8 Å². The Balaban J connectivity index is 2.36. The average molecular weight is 268 g/mol. The molecule has 0 unspecified atom stereocenters. The predicted octanol–water partition coefficient (Wildman–Crippen LogP) is 0.317. The maximum atomic E-state index is 11.9. The monoisotopic (exact) mass is 268 g/mol. The third-order valence-corrected chi connectivity index (χ3v) is 2.86. The lowest BCUT2D eigenvalue weighted by atomic mass is 9.99. The number of rotatable bonds is 4. The van der Waals surface area contributed by atoms with E-state index in [1.807, 2.05) is 0 Å². The van der Waals surface area contributed by atoms with Gasteiger partial charge in [0, 0.05) is 13.1 Å². The Kier molecular flexibility index (Phi) is 4.55. The topological polar surface area (TPSA) is 69.6 Å². The maximum absolute atomic E-state index is 11.9. The van der Waals surface area contributed by atoms with Crippen molar-refractivity contribution in [2.24, 2.45) is 11.8 Å². The molecule has 0 aromatic heterocycles. The summed E-state index contributed by atoms with van der Waals surface area (Å²) in [6.45, 7) is 0.764. The van der Waals surface area contributed by atoms with Gasteiger partial charge in [0.15, 0.2) is 0 Å². The minimum atomic E-state index is -4.43. The molecule has 1 rings (SSSR count). The molecule has 1 amide bonds. The van der Waals surface area contributed by atoms with Gasteiger partial charge < -0.3 is 10.4 Å². The number of hydrogen-bond acceptors (Lipinski definition) is 3. The number of nitrogens with one attached hydrogen (secondary N) is 1. The van der Waals surface area contributed by atoms with Crippen molar-refractivity contribution in [3.8, 4) is 0 Å². The van der Waals surface area contributed by atoms with Crippen molar-refractivity contribution in [1.29, 1.82) is 0 Å². The van der Waals surface area contributed by atoms with Crippen LogP contribution in [0.2, 0.25) is 0 Å². The fraction of sp³-hybridized carbons (Fsp3) is 0.800. The van der Waals surface area contributed by atoms with Gasteiger partial charge in [-0.2, -0.15) is 13.2 Å². The molecule has 0 radical (unpaired) electrons. The SMILES string of the molecule is C[C@@H]1CN(CC(=O)NCC(F)(F)F)C[C@H]1C(=O)O. The molecule has 104 valence electrons. The fourth-order valence-corrected chi connectivity index (χ4v) is 1.98. The normalized spacial score (nSPS) is 25.1. The van der Waals surface area contributed by atoms with Crippen LogP contribution in [-0.4, -0.2) is 54.2 Å². The summed E-state index contributed by atoms with van der Waals surface area (Å²) in [7, 11) is 0. The molecule has 18 heavy (non-hydrogen) atoms. The second-order valence-electron chi connectivity index (χ2n) is 4.51. The molecular formula is C10H15F3N2O3. The first-order valence-electron chi connectivity index (χ1n) is 5.47. The third kappa shape index (κ3) is 4.52. The lowest BCUT2D eigenvalue weighted by Crippen LogP contribution is -2.40. The van der Waals surface area contributed by atoms with Crippen LogP contribution in [0.4, 0.5) is 13.2 Å². The number of alkyl halides is 3. The first kappa shape index (κ1) is 14.7. The number of carboxylic acids is 1. The molecule has 1 aliphatic heterocycles. The summed E-state index contributed by atoms with van der Waals surface area (Å²) < 4.78 is 35.6. The van der Waals surface area contributed by atoms with Crippen molar-refractivity contribution in [3.05, 3.63) is 0 Å². The van der Waals surface area contributed by atoms with Gasteiger partial charge in [0.25, 0.3) is 0 Å². The van der Waals surface area contributed by atoms with Gasteiger partial charge in [-0.1, -0.05) is 6.92 Å². The maximum Gasteiger partial charge on any atom is 0.405 e. The largest absolute Gasteiger partial charge is 0.481 e. The van der Waals surface area contributed by atoms with Crippen molar-refractivity contribution in [3.63, 3.8) is 0 Å². The number of likely N-dealkylation sites (tertiary alicyclic amines) is 1. The van der Waals surface area contributed by atoms with Crippen LogP contribution in [0.5, 0.6) is 0 Å². The Morgan fingerprint density at radius 3 is 2.44 bits per heavy atom. The van der Waals surface area contributed by atoms with E-state index in [2.05, 4.69) is 0 Å². The van der Waals surface area contributed by atoms with Crippen LogP contribution in [-0.2, 0) is 9.59 Å². The van der Waals surface area contributed by atoms with Crippen molar-refractivity contribution < 1.29 is 27.9 Å². The minimum absolute atomic E-state index is 0.113. The zero-order valence-electron chi connectivity index (χ0n) is 9.83. The van der Waals surface area contributed by atoms with Gasteiger partial charge in [-0.3, -0.25) is 14.5 Å². The molecule has 1 aliphatic rings. The van der Waals surface area contributed by atoms with Gasteiger partial charge >= 0.3 is 12.1 Å². The summed E-state index contributed by atoms with van der Waals surface area (Å²) in [6.07, 6.45) is -4.43. The number of carbonyl (C=O) groups is 2. The van der Waals surface area contributed by atoms with Crippen LogP contribution in [0.15, 0.2) is 0 Å². The van der Waals surface area contributed by atoms with Gasteiger partial charge in [0.1, 0.15) is 6.54 Å². The van der Waals surface area contributed by atoms with E-state index in [4.69, 9.17) is 5.11 Å². The summed E-state index contributed by atoms with van der Waals surface area (Å²) in [5.74, 6) is -2.37. The third-order valence-electron chi connectivity index (χ3n) is 2.86. The molecule has 0 bridgehead atoms. The summed E-state index contributed by atoms with van der Waals surface area (Å²) in [6, 6.07) is 0. The summed E-state index contributed by atoms with van der Waals surface area (Å²) in [4.78, 5) is 23.6. The summed E-state index contributed by atoms with van der Waals surface area (Å²) >= 11 is 0. The number of aliphatic carboxylic acids is 1. The number of carboxylic acid groups (broad SMARTS) is 1. The summed E-state index contributed by atoms with van der Waals surface area (Å²) in [5, 5.41) is 10.6. The van der Waals surface area contributed by atoms with Crippen LogP contribution in [0.1, 0.15) is 6.92 Å². The highest BCUT2D eigenvalue weighted by Crippen LogP contribution is 2.22. The van der Waals surface area contributed by atoms with Gasteiger partial charge in [-0.05, 0) is 5.92 Å². The smallest absolute Gasteiger partial charge is 0.405 e. The standard InChI is InChI=1S/C10H15F3N2O3/c1-6-2-15(3-7(6)9(17)18)4-8(16)14-5-10(11,12)13/h6-7H,2-5H2,1H3,(H,14,16)(H,17,18)/t6-,7-/m1/s1. The highest BCUT2D eigenvalue weighted by Gasteiger charge is 2.35. The second kappa shape index (κ2) is 5.55. The van der Waals surface area contributed by atoms with Crippen LogP contribution in [0, 0.1) is 11.8 Å². The van der Waals surface area contributed by atoms with Crippen LogP contribution in [0.25, 0.3) is 0 Å².